The molecule has 6 heteroatoms. The fraction of sp³-hybridized carbons (Fsp3) is 0.688. The Kier molecular flexibility index (Phi) is 6.67. The molecule has 0 bridgehead atoms. The van der Waals surface area contributed by atoms with Crippen LogP contribution in [0.15, 0.2) is 16.8 Å². The van der Waals surface area contributed by atoms with E-state index in [0.29, 0.717) is 12.6 Å². The quantitative estimate of drug-likeness (QED) is 0.874. The lowest BCUT2D eigenvalue weighted by Gasteiger charge is -2.38. The van der Waals surface area contributed by atoms with Crippen LogP contribution in [0.2, 0.25) is 0 Å². The maximum Gasteiger partial charge on any atom is 0.317 e. The van der Waals surface area contributed by atoms with E-state index >= 15 is 0 Å². The number of ether oxygens (including phenoxy) is 1. The number of hydrogen-bond acceptors (Lipinski definition) is 4. The number of carbonyl (C=O) groups excluding carboxylic acids is 1. The average molecular weight is 325 g/mol. The zero-order valence-electron chi connectivity index (χ0n) is 13.7. The minimum atomic E-state index is 0.0476. The molecule has 1 aromatic heterocycles. The smallest absolute Gasteiger partial charge is 0.317 e. The maximum atomic E-state index is 12.2. The molecule has 22 heavy (non-hydrogen) atoms. The van der Waals surface area contributed by atoms with Crippen LogP contribution in [0.5, 0.6) is 0 Å². The van der Waals surface area contributed by atoms with Crippen LogP contribution in [0.3, 0.4) is 0 Å². The third-order valence-electron chi connectivity index (χ3n) is 4.30. The Morgan fingerprint density at radius 2 is 2.09 bits per heavy atom. The molecule has 0 unspecified atom stereocenters. The number of nitrogens with zero attached hydrogens (tertiary/aromatic N) is 2. The van der Waals surface area contributed by atoms with E-state index in [1.165, 1.54) is 5.56 Å². The van der Waals surface area contributed by atoms with Gasteiger partial charge in [-0.1, -0.05) is 0 Å². The summed E-state index contributed by atoms with van der Waals surface area (Å²) in [6.45, 7) is 8.37. The normalized spacial score (nSPS) is 19.0. The SMILES string of the molecule is COCC[C@@H](C)NC(=O)N1CCN([C@H](C)c2ccsc2)CC1. The van der Waals surface area contributed by atoms with Crippen molar-refractivity contribution in [2.45, 2.75) is 32.4 Å². The van der Waals surface area contributed by atoms with Gasteiger partial charge in [0.1, 0.15) is 0 Å². The summed E-state index contributed by atoms with van der Waals surface area (Å²) in [5.74, 6) is 0. The van der Waals surface area contributed by atoms with Crippen LogP contribution in [-0.2, 0) is 4.74 Å². The van der Waals surface area contributed by atoms with Crippen molar-refractivity contribution in [3.05, 3.63) is 22.4 Å². The highest BCUT2D eigenvalue weighted by Gasteiger charge is 2.25. The first-order valence-electron chi connectivity index (χ1n) is 7.92. The predicted octanol–water partition coefficient (Wildman–Crippen LogP) is 2.56. The molecule has 2 amide bonds. The van der Waals surface area contributed by atoms with Crippen molar-refractivity contribution in [3.8, 4) is 0 Å². The lowest BCUT2D eigenvalue weighted by Crippen LogP contribution is -2.53. The molecule has 0 saturated carbocycles. The Balaban J connectivity index is 1.75. The Bertz CT molecular complexity index is 444. The molecule has 0 aromatic carbocycles. The highest BCUT2D eigenvalue weighted by Crippen LogP contribution is 2.23. The van der Waals surface area contributed by atoms with Crippen molar-refractivity contribution >= 4 is 17.4 Å². The molecule has 1 fully saturated rings. The van der Waals surface area contributed by atoms with Gasteiger partial charge in [-0.3, -0.25) is 4.90 Å². The molecule has 0 aliphatic carbocycles. The summed E-state index contributed by atoms with van der Waals surface area (Å²) in [5.41, 5.74) is 1.37. The first-order chi connectivity index (χ1) is 10.6. The molecule has 1 aromatic rings. The Morgan fingerprint density at radius 3 is 2.68 bits per heavy atom. The number of methoxy groups -OCH3 is 1. The Hall–Kier alpha value is -1.11. The van der Waals surface area contributed by atoms with Crippen LogP contribution in [0, 0.1) is 0 Å². The van der Waals surface area contributed by atoms with E-state index in [-0.39, 0.29) is 12.1 Å². The van der Waals surface area contributed by atoms with Gasteiger partial charge in [0.25, 0.3) is 0 Å². The summed E-state index contributed by atoms with van der Waals surface area (Å²) in [6, 6.07) is 2.81. The number of rotatable bonds is 6. The summed E-state index contributed by atoms with van der Waals surface area (Å²) in [4.78, 5) is 16.6. The van der Waals surface area contributed by atoms with Crippen LogP contribution < -0.4 is 5.32 Å². The second-order valence-electron chi connectivity index (χ2n) is 5.89. The van der Waals surface area contributed by atoms with Gasteiger partial charge in [0, 0.05) is 52.0 Å². The molecule has 2 rings (SSSR count). The molecule has 0 radical (unpaired) electrons. The average Bonchev–Trinajstić information content (AvgIpc) is 3.06. The standard InChI is InChI=1S/C16H27N3O2S/c1-13(4-10-21-3)17-16(20)19-8-6-18(7-9-19)14(2)15-5-11-22-12-15/h5,11-14H,4,6-10H2,1-3H3,(H,17,20)/t13-,14-/m1/s1. The number of amides is 2. The molecule has 1 N–H and O–H groups in total. The topological polar surface area (TPSA) is 44.8 Å². The first-order valence-corrected chi connectivity index (χ1v) is 8.86. The van der Waals surface area contributed by atoms with E-state index in [9.17, 15) is 4.79 Å². The molecule has 0 spiro atoms. The van der Waals surface area contributed by atoms with Gasteiger partial charge in [-0.05, 0) is 42.7 Å². The lowest BCUT2D eigenvalue weighted by molar-refractivity contribution is 0.111. The molecule has 1 aliphatic heterocycles. The molecule has 124 valence electrons. The van der Waals surface area contributed by atoms with Crippen molar-refractivity contribution in [1.29, 1.82) is 0 Å². The van der Waals surface area contributed by atoms with Gasteiger partial charge in [-0.2, -0.15) is 11.3 Å². The third kappa shape index (κ3) is 4.69. The van der Waals surface area contributed by atoms with Crippen molar-refractivity contribution in [2.75, 3.05) is 39.9 Å². The fourth-order valence-electron chi connectivity index (χ4n) is 2.70. The van der Waals surface area contributed by atoms with Crippen LogP contribution in [-0.4, -0.2) is 61.8 Å². The number of urea groups is 1. The number of piperazine rings is 1. The summed E-state index contributed by atoms with van der Waals surface area (Å²) in [7, 11) is 1.68. The van der Waals surface area contributed by atoms with Gasteiger partial charge in [0.2, 0.25) is 0 Å². The predicted molar refractivity (Wildman–Crippen MR) is 90.4 cm³/mol. The Morgan fingerprint density at radius 1 is 1.36 bits per heavy atom. The summed E-state index contributed by atoms with van der Waals surface area (Å²) >= 11 is 1.74. The highest BCUT2D eigenvalue weighted by atomic mass is 32.1. The second-order valence-corrected chi connectivity index (χ2v) is 6.67. The molecule has 1 saturated heterocycles. The molecule has 1 aliphatic rings. The summed E-state index contributed by atoms with van der Waals surface area (Å²) in [5, 5.41) is 7.38. The first kappa shape index (κ1) is 17.2. The van der Waals surface area contributed by atoms with E-state index < -0.39 is 0 Å². The van der Waals surface area contributed by atoms with Gasteiger partial charge in [0.05, 0.1) is 0 Å². The van der Waals surface area contributed by atoms with E-state index in [2.05, 4.69) is 34.0 Å². The van der Waals surface area contributed by atoms with Gasteiger partial charge >= 0.3 is 6.03 Å². The maximum absolute atomic E-state index is 12.2. The summed E-state index contributed by atoms with van der Waals surface area (Å²) in [6.07, 6.45) is 0.845. The monoisotopic (exact) mass is 325 g/mol. The van der Waals surface area contributed by atoms with Crippen molar-refractivity contribution in [2.24, 2.45) is 0 Å². The van der Waals surface area contributed by atoms with Gasteiger partial charge in [0.15, 0.2) is 0 Å². The van der Waals surface area contributed by atoms with Gasteiger partial charge in [-0.25, -0.2) is 4.79 Å². The van der Waals surface area contributed by atoms with Crippen molar-refractivity contribution < 1.29 is 9.53 Å². The highest BCUT2D eigenvalue weighted by molar-refractivity contribution is 7.07. The van der Waals surface area contributed by atoms with E-state index in [0.717, 1.165) is 32.6 Å². The van der Waals surface area contributed by atoms with E-state index in [1.54, 1.807) is 18.4 Å². The van der Waals surface area contributed by atoms with Crippen LogP contribution in [0.4, 0.5) is 4.79 Å². The zero-order chi connectivity index (χ0) is 15.9. The minimum Gasteiger partial charge on any atom is -0.385 e. The molecular formula is C16H27N3O2S. The largest absolute Gasteiger partial charge is 0.385 e. The number of nitrogens with one attached hydrogen (secondary N) is 1. The van der Waals surface area contributed by atoms with E-state index in [1.807, 2.05) is 11.8 Å². The fourth-order valence-corrected chi connectivity index (χ4v) is 3.45. The van der Waals surface area contributed by atoms with E-state index in [4.69, 9.17) is 4.74 Å². The molecular weight excluding hydrogens is 298 g/mol. The van der Waals surface area contributed by atoms with Crippen molar-refractivity contribution in [3.63, 3.8) is 0 Å². The molecule has 5 nitrogen and oxygen atoms in total. The zero-order valence-corrected chi connectivity index (χ0v) is 14.6. The van der Waals surface area contributed by atoms with Gasteiger partial charge in [-0.15, -0.1) is 0 Å². The number of hydrogen-bond donors (Lipinski definition) is 1. The molecule has 2 atom stereocenters. The van der Waals surface area contributed by atoms with Crippen LogP contribution >= 0.6 is 11.3 Å². The third-order valence-corrected chi connectivity index (χ3v) is 5.00. The Labute approximate surface area is 137 Å². The van der Waals surface area contributed by atoms with Gasteiger partial charge < -0.3 is 15.0 Å². The minimum absolute atomic E-state index is 0.0476. The molecule has 2 heterocycles. The van der Waals surface area contributed by atoms with Crippen LogP contribution in [0.25, 0.3) is 0 Å². The second kappa shape index (κ2) is 8.50. The lowest BCUT2D eigenvalue weighted by atomic mass is 10.1. The van der Waals surface area contributed by atoms with Crippen molar-refractivity contribution in [1.82, 2.24) is 15.1 Å². The number of carbonyl (C=O) groups is 1. The van der Waals surface area contributed by atoms with Crippen LogP contribution in [0.1, 0.15) is 31.9 Å². The number of thiophene rings is 1. The summed E-state index contributed by atoms with van der Waals surface area (Å²) < 4.78 is 5.04.